The van der Waals surface area contributed by atoms with Gasteiger partial charge in [-0.15, -0.1) is 0 Å². The van der Waals surface area contributed by atoms with E-state index in [-0.39, 0.29) is 24.1 Å². The van der Waals surface area contributed by atoms with E-state index in [4.69, 9.17) is 9.47 Å². The van der Waals surface area contributed by atoms with Crippen LogP contribution in [0.15, 0.2) is 9.59 Å². The second-order valence-corrected chi connectivity index (χ2v) is 16.5. The van der Waals surface area contributed by atoms with Gasteiger partial charge >= 0.3 is 11.9 Å². The molecule has 0 fully saturated rings. The molecule has 326 valence electrons. The molecular formula is C47H87N3O6. The molecule has 0 spiro atoms. The van der Waals surface area contributed by atoms with Crippen LogP contribution >= 0.6 is 0 Å². The number of esters is 2. The van der Waals surface area contributed by atoms with Crippen LogP contribution in [0.1, 0.15) is 220 Å². The Morgan fingerprint density at radius 1 is 0.518 bits per heavy atom. The first-order valence-electron chi connectivity index (χ1n) is 23.6. The second-order valence-electron chi connectivity index (χ2n) is 16.5. The van der Waals surface area contributed by atoms with E-state index in [9.17, 15) is 19.2 Å². The molecule has 0 saturated carbocycles. The molecule has 0 aliphatic rings. The molecule has 1 aromatic rings. The Morgan fingerprint density at radius 2 is 0.929 bits per heavy atom. The maximum Gasteiger partial charge on any atom is 0.306 e. The Bertz CT molecular complexity index is 1170. The van der Waals surface area contributed by atoms with Crippen molar-refractivity contribution in [2.75, 3.05) is 43.9 Å². The molecule has 0 radical (unpaired) electrons. The van der Waals surface area contributed by atoms with Gasteiger partial charge in [0.25, 0.3) is 10.9 Å². The topological polar surface area (TPSA) is 114 Å². The van der Waals surface area contributed by atoms with Crippen molar-refractivity contribution in [3.05, 3.63) is 20.4 Å². The summed E-state index contributed by atoms with van der Waals surface area (Å²) in [5.41, 5.74) is -0.0672. The second kappa shape index (κ2) is 35.7. The quantitative estimate of drug-likeness (QED) is 0.0380. The van der Waals surface area contributed by atoms with Crippen molar-refractivity contribution in [1.82, 2.24) is 4.90 Å². The van der Waals surface area contributed by atoms with E-state index in [1.165, 1.54) is 70.6 Å². The van der Waals surface area contributed by atoms with E-state index in [2.05, 4.69) is 36.3 Å². The molecule has 0 aromatic heterocycles. The van der Waals surface area contributed by atoms with E-state index in [1.54, 1.807) is 7.05 Å². The number of carbonyl (C=O) groups excluding carboxylic acids is 2. The highest BCUT2D eigenvalue weighted by Crippen LogP contribution is 2.19. The van der Waals surface area contributed by atoms with Gasteiger partial charge in [-0.2, -0.15) is 0 Å². The number of nitrogens with one attached hydrogen (secondary N) is 2. The smallest absolute Gasteiger partial charge is 0.306 e. The van der Waals surface area contributed by atoms with Crippen LogP contribution in [0.2, 0.25) is 0 Å². The van der Waals surface area contributed by atoms with Crippen molar-refractivity contribution >= 4 is 23.3 Å². The van der Waals surface area contributed by atoms with E-state index in [1.807, 2.05) is 6.92 Å². The molecular weight excluding hydrogens is 703 g/mol. The van der Waals surface area contributed by atoms with E-state index < -0.39 is 10.9 Å². The first-order chi connectivity index (χ1) is 27.3. The highest BCUT2D eigenvalue weighted by Gasteiger charge is 2.19. The first-order valence-corrected chi connectivity index (χ1v) is 23.6. The minimum Gasteiger partial charge on any atom is -0.463 e. The van der Waals surface area contributed by atoms with Crippen molar-refractivity contribution in [1.29, 1.82) is 0 Å². The van der Waals surface area contributed by atoms with Gasteiger partial charge in [0.15, 0.2) is 0 Å². The molecule has 0 saturated heterocycles. The lowest BCUT2D eigenvalue weighted by Crippen LogP contribution is -2.37. The van der Waals surface area contributed by atoms with Gasteiger partial charge < -0.3 is 25.0 Å². The maximum atomic E-state index is 12.8. The molecule has 2 unspecified atom stereocenters. The van der Waals surface area contributed by atoms with Gasteiger partial charge in [0, 0.05) is 26.4 Å². The van der Waals surface area contributed by atoms with Crippen LogP contribution in [0.25, 0.3) is 0 Å². The number of hydrogen-bond acceptors (Lipinski definition) is 9. The van der Waals surface area contributed by atoms with Crippen molar-refractivity contribution in [2.24, 2.45) is 0 Å². The number of carbonyl (C=O) groups is 2. The third-order valence-electron chi connectivity index (χ3n) is 11.2. The third-order valence-corrected chi connectivity index (χ3v) is 11.2. The molecule has 1 rings (SSSR count). The summed E-state index contributed by atoms with van der Waals surface area (Å²) in [6.45, 7) is 12.3. The van der Waals surface area contributed by atoms with E-state index in [0.29, 0.717) is 30.8 Å². The normalized spacial score (nSPS) is 12.6. The zero-order chi connectivity index (χ0) is 41.1. The predicted octanol–water partition coefficient (Wildman–Crippen LogP) is 11.6. The van der Waals surface area contributed by atoms with Gasteiger partial charge in [-0.1, -0.05) is 130 Å². The van der Waals surface area contributed by atoms with Gasteiger partial charge in [-0.05, 0) is 97.2 Å². The summed E-state index contributed by atoms with van der Waals surface area (Å²) in [4.78, 5) is 51.2. The van der Waals surface area contributed by atoms with Crippen molar-refractivity contribution in [3.8, 4) is 0 Å². The molecule has 0 aliphatic carbocycles. The summed E-state index contributed by atoms with van der Waals surface area (Å²) in [7, 11) is 1.67. The SMILES string of the molecule is CCCCCCCCC(CCCCCCC)OC(=O)CCCCCCCN(CCCCCCCC(=O)OC(C)CCCCC)CCCNc1c(NC)c(=O)c1=O. The van der Waals surface area contributed by atoms with E-state index >= 15 is 0 Å². The lowest BCUT2D eigenvalue weighted by atomic mass is 10.0. The molecule has 2 atom stereocenters. The van der Waals surface area contributed by atoms with E-state index in [0.717, 1.165) is 129 Å². The molecule has 1 aromatic carbocycles. The zero-order valence-corrected chi connectivity index (χ0v) is 37.1. The fourth-order valence-electron chi connectivity index (χ4n) is 7.58. The standard InChI is InChI=1S/C47H87N3O6/c1-6-9-12-14-18-25-33-41(32-24-17-13-10-7-2)56-43(52)35-27-20-16-22-29-38-50(39-30-36-49-45-44(48-5)46(53)47(45)54)37-28-21-15-19-26-34-42(51)55-40(4)31-23-11-8-3/h40-41,48-49H,6-39H2,1-5H3. The van der Waals surface area contributed by atoms with Gasteiger partial charge in [0.1, 0.15) is 17.5 Å². The van der Waals surface area contributed by atoms with Crippen LogP contribution in [0.4, 0.5) is 11.4 Å². The van der Waals surface area contributed by atoms with Crippen LogP contribution in [0.5, 0.6) is 0 Å². The molecule has 0 aliphatic heterocycles. The van der Waals surface area contributed by atoms with Gasteiger partial charge in [0.05, 0.1) is 6.10 Å². The molecule has 2 N–H and O–H groups in total. The molecule has 56 heavy (non-hydrogen) atoms. The summed E-state index contributed by atoms with van der Waals surface area (Å²) >= 11 is 0. The number of unbranched alkanes of at least 4 members (excludes halogenated alkanes) is 19. The maximum absolute atomic E-state index is 12.8. The first kappa shape index (κ1) is 51.6. The minimum atomic E-state index is -0.441. The summed E-state index contributed by atoms with van der Waals surface area (Å²) in [5, 5.41) is 6.00. The highest BCUT2D eigenvalue weighted by molar-refractivity contribution is 5.73. The van der Waals surface area contributed by atoms with Crippen LogP contribution in [-0.4, -0.2) is 62.3 Å². The van der Waals surface area contributed by atoms with Crippen LogP contribution < -0.4 is 21.5 Å². The number of anilines is 2. The van der Waals surface area contributed by atoms with Crippen LogP contribution in [-0.2, 0) is 19.1 Å². The highest BCUT2D eigenvalue weighted by atomic mass is 16.5. The Morgan fingerprint density at radius 3 is 1.46 bits per heavy atom. The van der Waals surface area contributed by atoms with Crippen molar-refractivity contribution in [2.45, 2.75) is 233 Å². The van der Waals surface area contributed by atoms with Crippen molar-refractivity contribution < 1.29 is 19.1 Å². The monoisotopic (exact) mass is 790 g/mol. The predicted molar refractivity (Wildman–Crippen MR) is 237 cm³/mol. The molecule has 0 bridgehead atoms. The number of hydrogen-bond donors (Lipinski definition) is 2. The van der Waals surface area contributed by atoms with Crippen molar-refractivity contribution in [3.63, 3.8) is 0 Å². The number of rotatable bonds is 41. The third kappa shape index (κ3) is 26.5. The average Bonchev–Trinajstić information content (AvgIpc) is 3.18. The Labute approximate surface area is 343 Å². The minimum absolute atomic E-state index is 0.00719. The summed E-state index contributed by atoms with van der Waals surface area (Å²) in [5.74, 6) is -0.0672. The van der Waals surface area contributed by atoms with Gasteiger partial charge in [-0.3, -0.25) is 19.2 Å². The molecule has 9 heteroatoms. The lowest BCUT2D eigenvalue weighted by molar-refractivity contribution is -0.150. The summed E-state index contributed by atoms with van der Waals surface area (Å²) in [6.07, 6.45) is 33.0. The molecule has 0 heterocycles. The lowest BCUT2D eigenvalue weighted by Gasteiger charge is -2.23. The van der Waals surface area contributed by atoms with Gasteiger partial charge in [-0.25, -0.2) is 0 Å². The Kier molecular flexibility index (Phi) is 32.9. The average molecular weight is 790 g/mol. The van der Waals surface area contributed by atoms with Crippen LogP contribution in [0, 0.1) is 0 Å². The fraction of sp³-hybridized carbons (Fsp3) is 0.872. The largest absolute Gasteiger partial charge is 0.463 e. The number of ether oxygens (including phenoxy) is 2. The summed E-state index contributed by atoms with van der Waals surface area (Å²) in [6, 6.07) is 0. The van der Waals surface area contributed by atoms with Crippen LogP contribution in [0.3, 0.4) is 0 Å². The van der Waals surface area contributed by atoms with Gasteiger partial charge in [0.2, 0.25) is 0 Å². The zero-order valence-electron chi connectivity index (χ0n) is 37.1. The Hall–Kier alpha value is -2.42. The Balaban J connectivity index is 2.39. The molecule has 9 nitrogen and oxygen atoms in total. The summed E-state index contributed by atoms with van der Waals surface area (Å²) < 4.78 is 11.6. The number of nitrogens with zero attached hydrogens (tertiary/aromatic N) is 1. The fourth-order valence-corrected chi connectivity index (χ4v) is 7.58. The molecule has 0 amide bonds.